The number of hydrogen-bond donors (Lipinski definition) is 0. The van der Waals surface area contributed by atoms with Gasteiger partial charge in [-0.1, -0.05) is 19.3 Å². The predicted molar refractivity (Wildman–Crippen MR) is 52.5 cm³/mol. The van der Waals surface area contributed by atoms with Gasteiger partial charge in [-0.2, -0.15) is 8.42 Å². The first-order valence-electron chi connectivity index (χ1n) is 4.85. The molecule has 0 saturated heterocycles. The van der Waals surface area contributed by atoms with Crippen molar-refractivity contribution in [3.05, 3.63) is 0 Å². The number of carbonyl (C=O) groups is 1. The van der Waals surface area contributed by atoms with Crippen LogP contribution >= 0.6 is 0 Å². The van der Waals surface area contributed by atoms with Gasteiger partial charge >= 0.3 is 16.6 Å². The summed E-state index contributed by atoms with van der Waals surface area (Å²) in [6.07, 6.45) is 4.53. The van der Waals surface area contributed by atoms with Crippen LogP contribution < -0.4 is 0 Å². The lowest BCUT2D eigenvalue weighted by atomic mass is 9.95. The summed E-state index contributed by atoms with van der Waals surface area (Å²) >= 11 is 0. The average Bonchev–Trinajstić information content (AvgIpc) is 2.26. The first-order valence-corrected chi connectivity index (χ1v) is 5.88. The molecule has 0 heterocycles. The third-order valence-corrected chi connectivity index (χ3v) is 2.78. The Kier molecular flexibility index (Phi) is 4.54. The third kappa shape index (κ3) is 3.86. The quantitative estimate of drug-likeness (QED) is 0.676. The first kappa shape index (κ1) is 12.0. The smallest absolute Gasteiger partial charge is 0.306 e. The van der Waals surface area contributed by atoms with Crippen molar-refractivity contribution < 1.29 is 18.0 Å². The van der Waals surface area contributed by atoms with Gasteiger partial charge in [-0.15, -0.1) is 0 Å². The molecule has 0 spiro atoms. The monoisotopic (exact) mass is 234 g/mol. The van der Waals surface area contributed by atoms with Gasteiger partial charge < -0.3 is 4.90 Å². The Morgan fingerprint density at radius 3 is 2.47 bits per heavy atom. The van der Waals surface area contributed by atoms with Crippen molar-refractivity contribution in [2.75, 3.05) is 7.05 Å². The molecule has 15 heavy (non-hydrogen) atoms. The van der Waals surface area contributed by atoms with Crippen molar-refractivity contribution in [2.24, 2.45) is 4.53 Å². The van der Waals surface area contributed by atoms with Crippen molar-refractivity contribution in [3.63, 3.8) is 0 Å². The molecule has 1 fully saturated rings. The van der Waals surface area contributed by atoms with E-state index in [1.54, 1.807) is 7.05 Å². The van der Waals surface area contributed by atoms with Crippen LogP contribution in [0.15, 0.2) is 4.53 Å². The molecule has 0 aromatic carbocycles. The zero-order valence-electron chi connectivity index (χ0n) is 8.55. The molecular formula is C8H14N2O4S. The molecule has 1 rings (SSSR count). The van der Waals surface area contributed by atoms with E-state index in [4.69, 9.17) is 0 Å². The fourth-order valence-electron chi connectivity index (χ4n) is 1.74. The van der Waals surface area contributed by atoms with Gasteiger partial charge in [0.2, 0.25) is 0 Å². The van der Waals surface area contributed by atoms with Crippen LogP contribution in [0.5, 0.6) is 0 Å². The van der Waals surface area contributed by atoms with Gasteiger partial charge in [-0.3, -0.25) is 4.84 Å². The van der Waals surface area contributed by atoms with Crippen LogP contribution in [0.1, 0.15) is 32.1 Å². The summed E-state index contributed by atoms with van der Waals surface area (Å²) in [5.74, 6) is 0. The maximum Gasteiger partial charge on any atom is 0.436 e. The zero-order chi connectivity index (χ0) is 11.3. The summed E-state index contributed by atoms with van der Waals surface area (Å²) in [7, 11) is -1.10. The highest BCUT2D eigenvalue weighted by atomic mass is 32.2. The van der Waals surface area contributed by atoms with E-state index in [-0.39, 0.29) is 6.04 Å². The van der Waals surface area contributed by atoms with Crippen molar-refractivity contribution in [2.45, 2.75) is 38.1 Å². The highest BCUT2D eigenvalue weighted by Crippen LogP contribution is 2.21. The van der Waals surface area contributed by atoms with Gasteiger partial charge in [0.15, 0.2) is 0 Å². The highest BCUT2D eigenvalue weighted by molar-refractivity contribution is 7.61. The van der Waals surface area contributed by atoms with Crippen LogP contribution in [0, 0.1) is 0 Å². The maximum atomic E-state index is 11.3. The minimum atomic E-state index is -2.70. The molecule has 0 radical (unpaired) electrons. The second-order valence-electron chi connectivity index (χ2n) is 3.55. The summed E-state index contributed by atoms with van der Waals surface area (Å²) in [5, 5.41) is 0. The van der Waals surface area contributed by atoms with Crippen LogP contribution in [0.2, 0.25) is 0 Å². The average molecular weight is 234 g/mol. The van der Waals surface area contributed by atoms with E-state index in [9.17, 15) is 13.2 Å². The van der Waals surface area contributed by atoms with E-state index in [1.165, 1.54) is 11.3 Å². The van der Waals surface area contributed by atoms with Gasteiger partial charge in [-0.05, 0) is 12.8 Å². The summed E-state index contributed by atoms with van der Waals surface area (Å²) in [6, 6.07) is 0.140. The minimum absolute atomic E-state index is 0.140. The number of nitrogens with zero attached hydrogens (tertiary/aromatic N) is 2. The number of rotatable bonds is 2. The molecule has 0 atom stereocenters. The van der Waals surface area contributed by atoms with Gasteiger partial charge in [0.1, 0.15) is 0 Å². The number of amides is 1. The van der Waals surface area contributed by atoms with E-state index in [0.717, 1.165) is 25.7 Å². The molecular weight excluding hydrogens is 220 g/mol. The van der Waals surface area contributed by atoms with Crippen LogP contribution in [0.25, 0.3) is 0 Å². The lowest BCUT2D eigenvalue weighted by Gasteiger charge is -2.29. The van der Waals surface area contributed by atoms with Crippen molar-refractivity contribution in [3.8, 4) is 0 Å². The maximum absolute atomic E-state index is 11.3. The fourth-order valence-corrected chi connectivity index (χ4v) is 1.87. The van der Waals surface area contributed by atoms with Crippen molar-refractivity contribution >= 4 is 16.6 Å². The fraction of sp³-hybridized carbons (Fsp3) is 0.875. The number of hydrogen-bond acceptors (Lipinski definition) is 5. The van der Waals surface area contributed by atoms with Gasteiger partial charge in [0, 0.05) is 13.1 Å². The Morgan fingerprint density at radius 2 is 1.93 bits per heavy atom. The first-order chi connectivity index (χ1) is 7.11. The predicted octanol–water partition coefficient (Wildman–Crippen LogP) is 1.37. The Balaban J connectivity index is 2.47. The third-order valence-electron chi connectivity index (χ3n) is 2.59. The molecule has 0 bridgehead atoms. The second kappa shape index (κ2) is 5.69. The van der Waals surface area contributed by atoms with E-state index in [2.05, 4.69) is 9.36 Å². The topological polar surface area (TPSA) is 76.0 Å². The van der Waals surface area contributed by atoms with Crippen LogP contribution in [-0.4, -0.2) is 32.5 Å². The molecule has 6 nitrogen and oxygen atoms in total. The molecule has 1 aliphatic rings. The van der Waals surface area contributed by atoms with Crippen LogP contribution in [0.4, 0.5) is 4.79 Å². The van der Waals surface area contributed by atoms with Crippen molar-refractivity contribution in [1.82, 2.24) is 4.90 Å². The Labute approximate surface area is 89.9 Å². The summed E-state index contributed by atoms with van der Waals surface area (Å²) in [4.78, 5) is 16.9. The zero-order valence-corrected chi connectivity index (χ0v) is 9.37. The van der Waals surface area contributed by atoms with E-state index in [1.807, 2.05) is 0 Å². The van der Waals surface area contributed by atoms with Gasteiger partial charge in [-0.25, -0.2) is 4.79 Å². The Hall–Kier alpha value is -1.11. The molecule has 1 saturated carbocycles. The normalized spacial score (nSPS) is 16.9. The SMILES string of the molecule is CN(C(=O)ON=S(=O)=O)C1CCCCC1. The molecule has 0 aromatic heterocycles. The standard InChI is InChI=1S/C8H14N2O4S/c1-10(7-5-3-2-4-6-7)8(11)14-9-15(12)13/h7H,2-6H2,1H3. The largest absolute Gasteiger partial charge is 0.436 e. The van der Waals surface area contributed by atoms with E-state index >= 15 is 0 Å². The van der Waals surface area contributed by atoms with E-state index in [0.29, 0.717) is 0 Å². The summed E-state index contributed by atoms with van der Waals surface area (Å²) in [6.45, 7) is 0. The summed E-state index contributed by atoms with van der Waals surface area (Å²) in [5.41, 5.74) is 0. The second-order valence-corrected chi connectivity index (χ2v) is 4.13. The highest BCUT2D eigenvalue weighted by Gasteiger charge is 2.23. The molecule has 0 aliphatic heterocycles. The molecule has 0 unspecified atom stereocenters. The molecule has 0 aromatic rings. The van der Waals surface area contributed by atoms with Crippen LogP contribution in [-0.2, 0) is 15.3 Å². The lowest BCUT2D eigenvalue weighted by molar-refractivity contribution is 0.0932. The lowest BCUT2D eigenvalue weighted by Crippen LogP contribution is -2.37. The van der Waals surface area contributed by atoms with Gasteiger partial charge in [0.05, 0.1) is 4.53 Å². The molecule has 7 heteroatoms. The Morgan fingerprint density at radius 1 is 1.33 bits per heavy atom. The Bertz CT molecular complexity index is 338. The molecule has 1 aliphatic carbocycles. The van der Waals surface area contributed by atoms with Gasteiger partial charge in [0.25, 0.3) is 0 Å². The van der Waals surface area contributed by atoms with E-state index < -0.39 is 16.6 Å². The molecule has 86 valence electrons. The van der Waals surface area contributed by atoms with Crippen molar-refractivity contribution in [1.29, 1.82) is 0 Å². The summed E-state index contributed by atoms with van der Waals surface area (Å²) < 4.78 is 22.7. The minimum Gasteiger partial charge on any atom is -0.306 e. The number of carbonyl (C=O) groups excluding carboxylic acids is 1. The van der Waals surface area contributed by atoms with Crippen LogP contribution in [0.3, 0.4) is 0 Å². The molecule has 1 amide bonds. The molecule has 0 N–H and O–H groups in total.